The first-order valence-electron chi connectivity index (χ1n) is 16.6. The summed E-state index contributed by atoms with van der Waals surface area (Å²) in [6.07, 6.45) is 4.11. The first-order chi connectivity index (χ1) is 23.6. The Kier molecular flexibility index (Phi) is 11.6. The van der Waals surface area contributed by atoms with E-state index < -0.39 is 28.5 Å². The number of carbonyl (C=O) groups excluding carboxylic acids is 2. The Morgan fingerprint density at radius 1 is 0.796 bits per heavy atom. The van der Waals surface area contributed by atoms with Crippen molar-refractivity contribution < 1.29 is 27.5 Å². The third-order valence-corrected chi connectivity index (χ3v) is 10.8. The number of ether oxygens (including phenoxy) is 2. The van der Waals surface area contributed by atoms with Crippen LogP contribution in [0.15, 0.2) is 102 Å². The van der Waals surface area contributed by atoms with Gasteiger partial charge in [-0.1, -0.05) is 90.7 Å². The molecule has 1 N–H and O–H groups in total. The van der Waals surface area contributed by atoms with Crippen molar-refractivity contribution in [1.29, 1.82) is 0 Å². The number of hydrogen-bond acceptors (Lipinski definition) is 6. The first-order valence-corrected chi connectivity index (χ1v) is 18.0. The third-order valence-electron chi connectivity index (χ3n) is 8.99. The molecule has 0 spiro atoms. The number of aryl methyl sites for hydroxylation is 2. The molecule has 0 heterocycles. The second-order valence-corrected chi connectivity index (χ2v) is 14.4. The van der Waals surface area contributed by atoms with Gasteiger partial charge in [-0.3, -0.25) is 13.9 Å². The average molecular weight is 684 g/mol. The minimum Gasteiger partial charge on any atom is -0.493 e. The number of rotatable bonds is 14. The van der Waals surface area contributed by atoms with Gasteiger partial charge in [-0.25, -0.2) is 8.42 Å². The van der Waals surface area contributed by atoms with E-state index in [0.717, 1.165) is 52.2 Å². The molecule has 0 aliphatic heterocycles. The normalized spacial score (nSPS) is 13.8. The van der Waals surface area contributed by atoms with Gasteiger partial charge in [0.1, 0.15) is 12.6 Å². The van der Waals surface area contributed by atoms with Crippen LogP contribution in [0.25, 0.3) is 0 Å². The predicted molar refractivity (Wildman–Crippen MR) is 191 cm³/mol. The maximum atomic E-state index is 14.8. The van der Waals surface area contributed by atoms with Crippen LogP contribution in [0.3, 0.4) is 0 Å². The number of carbonyl (C=O) groups is 2. The molecular weight excluding hydrogens is 639 g/mol. The molecule has 2 amide bonds. The molecule has 4 aromatic rings. The Bertz CT molecular complexity index is 1820. The second-order valence-electron chi connectivity index (χ2n) is 12.6. The van der Waals surface area contributed by atoms with Gasteiger partial charge in [-0.05, 0) is 62.1 Å². The minimum absolute atomic E-state index is 0.0329. The van der Waals surface area contributed by atoms with E-state index in [0.29, 0.717) is 11.5 Å². The summed E-state index contributed by atoms with van der Waals surface area (Å²) < 4.78 is 40.8. The lowest BCUT2D eigenvalue weighted by molar-refractivity contribution is -0.140. The van der Waals surface area contributed by atoms with Gasteiger partial charge in [-0.2, -0.15) is 0 Å². The van der Waals surface area contributed by atoms with Crippen LogP contribution < -0.4 is 19.1 Å². The van der Waals surface area contributed by atoms with Crippen LogP contribution in [0.5, 0.6) is 11.5 Å². The smallest absolute Gasteiger partial charge is 0.264 e. The summed E-state index contributed by atoms with van der Waals surface area (Å²) in [5.74, 6) is -0.0486. The Morgan fingerprint density at radius 2 is 1.41 bits per heavy atom. The minimum atomic E-state index is -4.26. The van der Waals surface area contributed by atoms with E-state index in [9.17, 15) is 18.0 Å². The summed E-state index contributed by atoms with van der Waals surface area (Å²) >= 11 is 0. The van der Waals surface area contributed by atoms with Crippen LogP contribution in [0.4, 0.5) is 5.69 Å². The summed E-state index contributed by atoms with van der Waals surface area (Å²) in [5, 5.41) is 3.21. The molecule has 49 heavy (non-hydrogen) atoms. The van der Waals surface area contributed by atoms with Gasteiger partial charge in [0.25, 0.3) is 10.0 Å². The second kappa shape index (κ2) is 16.0. The van der Waals surface area contributed by atoms with E-state index in [4.69, 9.17) is 9.47 Å². The van der Waals surface area contributed by atoms with Crippen molar-refractivity contribution in [2.45, 2.75) is 69.5 Å². The van der Waals surface area contributed by atoms with Crippen LogP contribution in [0.2, 0.25) is 0 Å². The molecule has 0 aromatic heterocycles. The fourth-order valence-corrected chi connectivity index (χ4v) is 7.56. The molecule has 1 aliphatic rings. The number of nitrogens with one attached hydrogen (secondary N) is 1. The molecule has 1 aliphatic carbocycles. The zero-order valence-electron chi connectivity index (χ0n) is 28.6. The topological polar surface area (TPSA) is 105 Å². The van der Waals surface area contributed by atoms with E-state index in [1.165, 1.54) is 37.3 Å². The number of hydrogen-bond donors (Lipinski definition) is 1. The molecule has 10 heteroatoms. The number of methoxy groups -OCH3 is 2. The molecule has 1 fully saturated rings. The molecule has 4 aromatic carbocycles. The molecule has 0 saturated heterocycles. The number of amides is 2. The number of nitrogens with zero attached hydrogens (tertiary/aromatic N) is 2. The maximum absolute atomic E-state index is 14.8. The van der Waals surface area contributed by atoms with Crippen molar-refractivity contribution in [3.8, 4) is 11.5 Å². The lowest BCUT2D eigenvalue weighted by Crippen LogP contribution is -2.54. The van der Waals surface area contributed by atoms with Crippen molar-refractivity contribution in [1.82, 2.24) is 10.2 Å². The van der Waals surface area contributed by atoms with Gasteiger partial charge in [0.15, 0.2) is 11.5 Å². The van der Waals surface area contributed by atoms with Gasteiger partial charge in [0.05, 0.1) is 24.8 Å². The highest BCUT2D eigenvalue weighted by Crippen LogP contribution is 2.34. The third kappa shape index (κ3) is 8.80. The van der Waals surface area contributed by atoms with E-state index in [-0.39, 0.29) is 35.5 Å². The Labute approximate surface area is 289 Å². The molecule has 9 nitrogen and oxygen atoms in total. The Morgan fingerprint density at radius 3 is 2.02 bits per heavy atom. The SMILES string of the molecule is COc1ccc(N(CC(=O)N(Cc2ccc(C)cc2)[C@H](Cc2ccccc2)C(=O)NC2CCCC2)S(=O)(=O)c2ccc(C)cc2)cc1OC. The molecule has 0 unspecified atom stereocenters. The maximum Gasteiger partial charge on any atom is 0.264 e. The van der Waals surface area contributed by atoms with Gasteiger partial charge in [0.2, 0.25) is 11.8 Å². The Balaban J connectivity index is 1.59. The van der Waals surface area contributed by atoms with Crippen LogP contribution in [0.1, 0.15) is 47.9 Å². The largest absolute Gasteiger partial charge is 0.493 e. The van der Waals surface area contributed by atoms with Crippen molar-refractivity contribution >= 4 is 27.5 Å². The standard InChI is InChI=1S/C39H45N3O6S/c1-28-14-18-31(19-15-28)26-41(35(24-30-10-6-5-7-11-30)39(44)40-32-12-8-9-13-32)38(43)27-42(33-20-23-36(47-3)37(25-33)48-4)49(45,46)34-21-16-29(2)17-22-34/h5-7,10-11,14-23,25,32,35H,8-9,12-13,24,26-27H2,1-4H3,(H,40,44)/t35-/m1/s1. The van der Waals surface area contributed by atoms with Crippen molar-refractivity contribution in [2.24, 2.45) is 0 Å². The number of benzene rings is 4. The highest BCUT2D eigenvalue weighted by molar-refractivity contribution is 7.92. The fraction of sp³-hybridized carbons (Fsp3) is 0.333. The van der Waals surface area contributed by atoms with Crippen LogP contribution in [0, 0.1) is 13.8 Å². The average Bonchev–Trinajstić information content (AvgIpc) is 3.62. The van der Waals surface area contributed by atoms with Crippen LogP contribution >= 0.6 is 0 Å². The lowest BCUT2D eigenvalue weighted by atomic mass is 10.0. The van der Waals surface area contributed by atoms with Gasteiger partial charge >= 0.3 is 0 Å². The monoisotopic (exact) mass is 683 g/mol. The summed E-state index contributed by atoms with van der Waals surface area (Å²) in [7, 11) is -1.30. The van der Waals surface area contributed by atoms with Crippen molar-refractivity contribution in [2.75, 3.05) is 25.1 Å². The summed E-state index contributed by atoms with van der Waals surface area (Å²) in [5.41, 5.74) is 3.89. The van der Waals surface area contributed by atoms with E-state index in [2.05, 4.69) is 5.32 Å². The van der Waals surface area contributed by atoms with Gasteiger partial charge < -0.3 is 19.7 Å². The molecule has 1 atom stereocenters. The summed E-state index contributed by atoms with van der Waals surface area (Å²) in [4.78, 5) is 30.5. The molecule has 0 radical (unpaired) electrons. The zero-order valence-corrected chi connectivity index (χ0v) is 29.4. The van der Waals surface area contributed by atoms with E-state index in [1.807, 2.05) is 68.4 Å². The lowest BCUT2D eigenvalue weighted by Gasteiger charge is -2.34. The van der Waals surface area contributed by atoms with Crippen LogP contribution in [-0.2, 0) is 32.6 Å². The van der Waals surface area contributed by atoms with E-state index in [1.54, 1.807) is 24.3 Å². The number of anilines is 1. The highest BCUT2D eigenvalue weighted by atomic mass is 32.2. The Hall–Kier alpha value is -4.83. The van der Waals surface area contributed by atoms with Crippen LogP contribution in [-0.4, -0.2) is 58.0 Å². The van der Waals surface area contributed by atoms with E-state index >= 15 is 0 Å². The summed E-state index contributed by atoms with van der Waals surface area (Å²) in [6, 6.07) is 27.7. The van der Waals surface area contributed by atoms with Crippen molar-refractivity contribution in [3.63, 3.8) is 0 Å². The summed E-state index contributed by atoms with van der Waals surface area (Å²) in [6.45, 7) is 3.41. The highest BCUT2D eigenvalue weighted by Gasteiger charge is 2.36. The molecule has 1 saturated carbocycles. The number of sulfonamides is 1. The van der Waals surface area contributed by atoms with Gasteiger partial charge in [0, 0.05) is 25.1 Å². The molecule has 5 rings (SSSR count). The van der Waals surface area contributed by atoms with Crippen molar-refractivity contribution in [3.05, 3.63) is 119 Å². The zero-order chi connectivity index (χ0) is 35.0. The molecular formula is C39H45N3O6S. The van der Waals surface area contributed by atoms with Gasteiger partial charge in [-0.15, -0.1) is 0 Å². The predicted octanol–water partition coefficient (Wildman–Crippen LogP) is 6.21. The quantitative estimate of drug-likeness (QED) is 0.169. The molecule has 0 bridgehead atoms. The first kappa shape index (κ1) is 35.5. The fourth-order valence-electron chi connectivity index (χ4n) is 6.16. The molecule has 258 valence electrons.